The highest BCUT2D eigenvalue weighted by Crippen LogP contribution is 2.24. The predicted molar refractivity (Wildman–Crippen MR) is 57.4 cm³/mol. The van der Waals surface area contributed by atoms with E-state index in [1.807, 2.05) is 0 Å². The lowest BCUT2D eigenvalue weighted by Crippen LogP contribution is -2.32. The molecule has 5 heteroatoms. The van der Waals surface area contributed by atoms with Crippen molar-refractivity contribution >= 4 is 0 Å². The van der Waals surface area contributed by atoms with Gasteiger partial charge < -0.3 is 5.73 Å². The Morgan fingerprint density at radius 2 is 2.06 bits per heavy atom. The highest BCUT2D eigenvalue weighted by atomic mass is 19.2. The Morgan fingerprint density at radius 1 is 1.25 bits per heavy atom. The van der Waals surface area contributed by atoms with Gasteiger partial charge in [0.15, 0.2) is 11.6 Å². The molecule has 4 N–H and O–H groups in total. The monoisotopic (exact) mass is 227 g/mol. The third kappa shape index (κ3) is 2.37. The lowest BCUT2D eigenvalue weighted by molar-refractivity contribution is 0.500. The maximum Gasteiger partial charge on any atom is 0.159 e. The summed E-state index contributed by atoms with van der Waals surface area (Å²) in [5, 5.41) is 0. The first kappa shape index (κ1) is 11.4. The van der Waals surface area contributed by atoms with Gasteiger partial charge in [0.05, 0.1) is 0 Å². The van der Waals surface area contributed by atoms with E-state index in [4.69, 9.17) is 5.73 Å². The van der Waals surface area contributed by atoms with Crippen LogP contribution in [0.4, 0.5) is 8.78 Å². The molecule has 2 rings (SSSR count). The van der Waals surface area contributed by atoms with Crippen LogP contribution in [-0.4, -0.2) is 12.6 Å². The number of benzene rings is 1. The van der Waals surface area contributed by atoms with Gasteiger partial charge in [-0.2, -0.15) is 0 Å². The van der Waals surface area contributed by atoms with Crippen LogP contribution in [0.5, 0.6) is 0 Å². The van der Waals surface area contributed by atoms with Gasteiger partial charge in [-0.05, 0) is 37.1 Å². The van der Waals surface area contributed by atoms with Crippen molar-refractivity contribution in [2.45, 2.75) is 24.9 Å². The molecule has 1 fully saturated rings. The second-order valence-corrected chi connectivity index (χ2v) is 4.02. The average Bonchev–Trinajstić information content (AvgIpc) is 2.71. The van der Waals surface area contributed by atoms with E-state index in [1.165, 1.54) is 6.07 Å². The molecule has 1 aliphatic heterocycles. The molecule has 1 aromatic carbocycles. The molecule has 0 bridgehead atoms. The highest BCUT2D eigenvalue weighted by molar-refractivity contribution is 5.22. The Hall–Kier alpha value is -1.04. The zero-order valence-electron chi connectivity index (χ0n) is 8.84. The Bertz CT molecular complexity index is 370. The van der Waals surface area contributed by atoms with Gasteiger partial charge in [-0.25, -0.2) is 8.78 Å². The molecule has 0 radical (unpaired) electrons. The Morgan fingerprint density at radius 3 is 2.75 bits per heavy atom. The van der Waals surface area contributed by atoms with E-state index in [2.05, 4.69) is 10.9 Å². The number of hydrogen-bond donors (Lipinski definition) is 3. The van der Waals surface area contributed by atoms with Crippen LogP contribution in [0, 0.1) is 11.6 Å². The largest absolute Gasteiger partial charge is 0.330 e. The van der Waals surface area contributed by atoms with E-state index >= 15 is 0 Å². The van der Waals surface area contributed by atoms with E-state index < -0.39 is 11.6 Å². The predicted octanol–water partition coefficient (Wildman–Crippen LogP) is 1.22. The first-order valence-corrected chi connectivity index (χ1v) is 5.37. The van der Waals surface area contributed by atoms with E-state index in [0.717, 1.165) is 24.5 Å². The van der Waals surface area contributed by atoms with E-state index in [-0.39, 0.29) is 6.04 Å². The van der Waals surface area contributed by atoms with Gasteiger partial charge in [-0.3, -0.25) is 10.9 Å². The van der Waals surface area contributed by atoms with Gasteiger partial charge in [-0.1, -0.05) is 6.07 Å². The molecular formula is C11H15F2N3. The number of hydrogen-bond acceptors (Lipinski definition) is 3. The second-order valence-electron chi connectivity index (χ2n) is 4.02. The van der Waals surface area contributed by atoms with Crippen molar-refractivity contribution in [3.05, 3.63) is 35.4 Å². The Balaban J connectivity index is 2.05. The normalized spacial score (nSPS) is 24.9. The molecule has 0 saturated carbocycles. The first-order chi connectivity index (χ1) is 7.70. The molecule has 16 heavy (non-hydrogen) atoms. The van der Waals surface area contributed by atoms with Crippen molar-refractivity contribution in [2.24, 2.45) is 5.73 Å². The van der Waals surface area contributed by atoms with Crippen LogP contribution >= 0.6 is 0 Å². The fraction of sp³-hybridized carbons (Fsp3) is 0.455. The standard InChI is InChI=1S/C11H15F2N3/c12-9-2-1-7(5-10(9)13)11-6-8(3-4-14)15-16-11/h1-2,5,8,11,15-16H,3-4,6,14H2. The molecule has 2 unspecified atom stereocenters. The third-order valence-corrected chi connectivity index (χ3v) is 2.84. The number of nitrogens with one attached hydrogen (secondary N) is 2. The van der Waals surface area contributed by atoms with Gasteiger partial charge in [-0.15, -0.1) is 0 Å². The van der Waals surface area contributed by atoms with Gasteiger partial charge >= 0.3 is 0 Å². The summed E-state index contributed by atoms with van der Waals surface area (Å²) in [5.41, 5.74) is 12.4. The summed E-state index contributed by atoms with van der Waals surface area (Å²) in [6.07, 6.45) is 1.70. The van der Waals surface area contributed by atoms with Crippen molar-refractivity contribution in [1.29, 1.82) is 0 Å². The summed E-state index contributed by atoms with van der Waals surface area (Å²) in [7, 11) is 0. The quantitative estimate of drug-likeness (QED) is 0.727. The number of nitrogens with two attached hydrogens (primary N) is 1. The average molecular weight is 227 g/mol. The summed E-state index contributed by atoms with van der Waals surface area (Å²) in [4.78, 5) is 0. The zero-order chi connectivity index (χ0) is 11.5. The summed E-state index contributed by atoms with van der Waals surface area (Å²) in [6, 6.07) is 4.31. The van der Waals surface area contributed by atoms with E-state index in [0.29, 0.717) is 12.6 Å². The number of hydrazine groups is 1. The molecule has 1 aliphatic rings. The van der Waals surface area contributed by atoms with Crippen LogP contribution in [0.3, 0.4) is 0 Å². The maximum absolute atomic E-state index is 13.0. The molecule has 1 saturated heterocycles. The molecule has 0 spiro atoms. The van der Waals surface area contributed by atoms with E-state index in [9.17, 15) is 8.78 Å². The van der Waals surface area contributed by atoms with Crippen LogP contribution in [0.2, 0.25) is 0 Å². The zero-order valence-corrected chi connectivity index (χ0v) is 8.84. The van der Waals surface area contributed by atoms with Crippen molar-refractivity contribution in [2.75, 3.05) is 6.54 Å². The lowest BCUT2D eigenvalue weighted by atomic mass is 10.0. The van der Waals surface area contributed by atoms with Crippen molar-refractivity contribution < 1.29 is 8.78 Å². The topological polar surface area (TPSA) is 50.1 Å². The van der Waals surface area contributed by atoms with E-state index in [1.54, 1.807) is 6.07 Å². The molecule has 0 aliphatic carbocycles. The minimum atomic E-state index is -0.812. The molecule has 2 atom stereocenters. The fourth-order valence-electron chi connectivity index (χ4n) is 1.96. The van der Waals surface area contributed by atoms with Gasteiger partial charge in [0, 0.05) is 12.1 Å². The fourth-order valence-corrected chi connectivity index (χ4v) is 1.96. The van der Waals surface area contributed by atoms with Crippen molar-refractivity contribution in [3.63, 3.8) is 0 Å². The van der Waals surface area contributed by atoms with Crippen LogP contribution < -0.4 is 16.6 Å². The molecule has 0 amide bonds. The molecule has 0 aromatic heterocycles. The van der Waals surface area contributed by atoms with Crippen molar-refractivity contribution in [3.8, 4) is 0 Å². The molecule has 3 nitrogen and oxygen atoms in total. The molecule has 1 aromatic rings. The molecular weight excluding hydrogens is 212 g/mol. The van der Waals surface area contributed by atoms with Crippen LogP contribution in [0.25, 0.3) is 0 Å². The van der Waals surface area contributed by atoms with Gasteiger partial charge in [0.1, 0.15) is 0 Å². The van der Waals surface area contributed by atoms with Crippen LogP contribution in [0.1, 0.15) is 24.4 Å². The highest BCUT2D eigenvalue weighted by Gasteiger charge is 2.24. The minimum Gasteiger partial charge on any atom is -0.330 e. The van der Waals surface area contributed by atoms with Gasteiger partial charge in [0.25, 0.3) is 0 Å². The molecule has 1 heterocycles. The van der Waals surface area contributed by atoms with Crippen molar-refractivity contribution in [1.82, 2.24) is 10.9 Å². The smallest absolute Gasteiger partial charge is 0.159 e. The Labute approximate surface area is 93.0 Å². The first-order valence-electron chi connectivity index (χ1n) is 5.37. The number of rotatable bonds is 3. The van der Waals surface area contributed by atoms with Crippen LogP contribution in [-0.2, 0) is 0 Å². The summed E-state index contributed by atoms with van der Waals surface area (Å²) in [6.45, 7) is 0.615. The second kappa shape index (κ2) is 4.86. The summed E-state index contributed by atoms with van der Waals surface area (Å²) >= 11 is 0. The van der Waals surface area contributed by atoms with Crippen LogP contribution in [0.15, 0.2) is 18.2 Å². The SMILES string of the molecule is NCCC1CC(c2ccc(F)c(F)c2)NN1. The molecule has 88 valence electrons. The summed E-state index contributed by atoms with van der Waals surface area (Å²) in [5.74, 6) is -1.62. The Kier molecular flexibility index (Phi) is 3.48. The van der Waals surface area contributed by atoms with Gasteiger partial charge in [0.2, 0.25) is 0 Å². The minimum absolute atomic E-state index is 0.0200. The maximum atomic E-state index is 13.0. The number of halogens is 2. The lowest BCUT2D eigenvalue weighted by Gasteiger charge is -2.09. The third-order valence-electron chi connectivity index (χ3n) is 2.84. The summed E-state index contributed by atoms with van der Waals surface area (Å²) < 4.78 is 25.8.